The van der Waals surface area contributed by atoms with E-state index in [1.165, 1.54) is 0 Å². The van der Waals surface area contributed by atoms with Gasteiger partial charge in [0.15, 0.2) is 0 Å². The van der Waals surface area contributed by atoms with Crippen LogP contribution >= 0.6 is 11.6 Å². The molecule has 2 aliphatic heterocycles. The predicted octanol–water partition coefficient (Wildman–Crippen LogP) is 1.77. The first kappa shape index (κ1) is 14.8. The Bertz CT molecular complexity index is 574. The largest absolute Gasteiger partial charge is 0.385 e. The number of carbonyl (C=O) groups is 1. The molecule has 0 saturated carbocycles. The van der Waals surface area contributed by atoms with Gasteiger partial charge < -0.3 is 14.8 Å². The zero-order valence-electron chi connectivity index (χ0n) is 12.2. The normalized spacial score (nSPS) is 26.1. The summed E-state index contributed by atoms with van der Waals surface area (Å²) in [5.74, 6) is -0.00684. The minimum absolute atomic E-state index is 0.00684. The van der Waals surface area contributed by atoms with E-state index >= 15 is 0 Å². The van der Waals surface area contributed by atoms with Gasteiger partial charge in [-0.15, -0.1) is 0 Å². The lowest BCUT2D eigenvalue weighted by atomic mass is 9.68. The highest BCUT2D eigenvalue weighted by molar-refractivity contribution is 6.29. The SMILES string of the molecule is CCC1(CCOC)C(=O)NC2(COC2)c2ccc(Cl)nc21. The number of rotatable bonds is 4. The zero-order valence-corrected chi connectivity index (χ0v) is 13.0. The summed E-state index contributed by atoms with van der Waals surface area (Å²) >= 11 is 6.09. The van der Waals surface area contributed by atoms with Gasteiger partial charge in [0, 0.05) is 19.3 Å². The van der Waals surface area contributed by atoms with Crippen molar-refractivity contribution in [1.29, 1.82) is 0 Å². The molecule has 0 bridgehead atoms. The van der Waals surface area contributed by atoms with Crippen LogP contribution < -0.4 is 5.32 Å². The maximum absolute atomic E-state index is 12.8. The quantitative estimate of drug-likeness (QED) is 0.861. The van der Waals surface area contributed by atoms with E-state index < -0.39 is 11.0 Å². The van der Waals surface area contributed by atoms with Crippen molar-refractivity contribution in [1.82, 2.24) is 10.3 Å². The number of fused-ring (bicyclic) bond motifs is 2. The van der Waals surface area contributed by atoms with Crippen molar-refractivity contribution < 1.29 is 14.3 Å². The molecule has 114 valence electrons. The monoisotopic (exact) mass is 310 g/mol. The first-order chi connectivity index (χ1) is 10.1. The topological polar surface area (TPSA) is 60.5 Å². The van der Waals surface area contributed by atoms with Crippen LogP contribution in [0.2, 0.25) is 5.15 Å². The van der Waals surface area contributed by atoms with Crippen LogP contribution in [0.3, 0.4) is 0 Å². The molecule has 3 heterocycles. The average Bonchev–Trinajstić information content (AvgIpc) is 2.44. The van der Waals surface area contributed by atoms with Gasteiger partial charge in [0.25, 0.3) is 0 Å². The molecule has 3 rings (SSSR count). The summed E-state index contributed by atoms with van der Waals surface area (Å²) < 4.78 is 10.5. The summed E-state index contributed by atoms with van der Waals surface area (Å²) in [6.07, 6.45) is 1.24. The lowest BCUT2D eigenvalue weighted by Gasteiger charge is -2.50. The van der Waals surface area contributed by atoms with E-state index in [1.807, 2.05) is 13.0 Å². The molecule has 1 saturated heterocycles. The molecule has 1 aromatic heterocycles. The average molecular weight is 311 g/mol. The fourth-order valence-electron chi connectivity index (χ4n) is 3.24. The molecule has 1 atom stereocenters. The van der Waals surface area contributed by atoms with E-state index in [2.05, 4.69) is 10.3 Å². The number of pyridine rings is 1. The summed E-state index contributed by atoms with van der Waals surface area (Å²) in [7, 11) is 1.64. The second-order valence-corrected chi connectivity index (χ2v) is 6.12. The molecule has 5 nitrogen and oxygen atoms in total. The third-order valence-electron chi connectivity index (χ3n) is 4.65. The maximum Gasteiger partial charge on any atom is 0.233 e. The Morgan fingerprint density at radius 2 is 2.24 bits per heavy atom. The van der Waals surface area contributed by atoms with Crippen LogP contribution in [-0.4, -0.2) is 37.8 Å². The van der Waals surface area contributed by atoms with Gasteiger partial charge in [-0.05, 0) is 18.9 Å². The molecule has 0 aromatic carbocycles. The second-order valence-electron chi connectivity index (χ2n) is 5.74. The van der Waals surface area contributed by atoms with Crippen molar-refractivity contribution in [2.24, 2.45) is 0 Å². The Hall–Kier alpha value is -1.17. The summed E-state index contributed by atoms with van der Waals surface area (Å²) in [5, 5.41) is 3.56. The van der Waals surface area contributed by atoms with E-state index in [4.69, 9.17) is 21.1 Å². The molecular weight excluding hydrogens is 292 g/mol. The molecule has 0 aliphatic carbocycles. The molecule has 6 heteroatoms. The minimum Gasteiger partial charge on any atom is -0.385 e. The number of amides is 1. The molecule has 1 amide bonds. The minimum atomic E-state index is -0.683. The fourth-order valence-corrected chi connectivity index (χ4v) is 3.39. The number of hydrogen-bond donors (Lipinski definition) is 1. The lowest BCUT2D eigenvalue weighted by molar-refractivity contribution is -0.144. The standard InChI is InChI=1S/C15H19ClN2O3/c1-3-14(6-7-20-2)12-10(4-5-11(16)17-12)15(8-21-9-15)18-13(14)19/h4-5H,3,6-9H2,1-2H3,(H,18,19). The molecule has 1 aromatic rings. The van der Waals surface area contributed by atoms with Crippen molar-refractivity contribution in [3.8, 4) is 0 Å². The molecule has 1 spiro atoms. The molecule has 1 unspecified atom stereocenters. The van der Waals surface area contributed by atoms with Crippen LogP contribution in [0.1, 0.15) is 31.0 Å². The molecule has 21 heavy (non-hydrogen) atoms. The third-order valence-corrected chi connectivity index (χ3v) is 4.86. The van der Waals surface area contributed by atoms with Gasteiger partial charge >= 0.3 is 0 Å². The van der Waals surface area contributed by atoms with Crippen LogP contribution in [0.5, 0.6) is 0 Å². The van der Waals surface area contributed by atoms with Crippen molar-refractivity contribution in [2.75, 3.05) is 26.9 Å². The van der Waals surface area contributed by atoms with Gasteiger partial charge in [-0.25, -0.2) is 4.98 Å². The predicted molar refractivity (Wildman–Crippen MR) is 78.3 cm³/mol. The number of aromatic nitrogens is 1. The summed E-state index contributed by atoms with van der Waals surface area (Å²) in [4.78, 5) is 17.3. The number of hydrogen-bond acceptors (Lipinski definition) is 4. The summed E-state index contributed by atoms with van der Waals surface area (Å²) in [6, 6.07) is 3.73. The first-order valence-electron chi connectivity index (χ1n) is 7.15. The Balaban J connectivity index is 2.15. The van der Waals surface area contributed by atoms with Crippen molar-refractivity contribution in [3.05, 3.63) is 28.5 Å². The van der Waals surface area contributed by atoms with Crippen LogP contribution in [0.4, 0.5) is 0 Å². The Morgan fingerprint density at radius 1 is 1.48 bits per heavy atom. The van der Waals surface area contributed by atoms with E-state index in [0.717, 1.165) is 11.3 Å². The van der Waals surface area contributed by atoms with Gasteiger partial charge in [-0.1, -0.05) is 24.6 Å². The van der Waals surface area contributed by atoms with Gasteiger partial charge in [0.05, 0.1) is 24.3 Å². The van der Waals surface area contributed by atoms with E-state index in [9.17, 15) is 4.79 Å². The van der Waals surface area contributed by atoms with Crippen LogP contribution in [0, 0.1) is 0 Å². The van der Waals surface area contributed by atoms with Crippen molar-refractivity contribution in [3.63, 3.8) is 0 Å². The molecular formula is C15H19ClN2O3. The number of halogens is 1. The molecule has 0 radical (unpaired) electrons. The fraction of sp³-hybridized carbons (Fsp3) is 0.600. The summed E-state index contributed by atoms with van der Waals surface area (Å²) in [5.41, 5.74) is 0.685. The van der Waals surface area contributed by atoms with Gasteiger partial charge in [-0.2, -0.15) is 0 Å². The molecule has 1 N–H and O–H groups in total. The van der Waals surface area contributed by atoms with E-state index in [1.54, 1.807) is 13.2 Å². The maximum atomic E-state index is 12.8. The smallest absolute Gasteiger partial charge is 0.233 e. The Morgan fingerprint density at radius 3 is 2.81 bits per heavy atom. The van der Waals surface area contributed by atoms with Gasteiger partial charge in [0.2, 0.25) is 5.91 Å². The number of methoxy groups -OCH3 is 1. The second kappa shape index (κ2) is 5.23. The van der Waals surface area contributed by atoms with Gasteiger partial charge in [0.1, 0.15) is 10.7 Å². The Labute approximate surface area is 129 Å². The van der Waals surface area contributed by atoms with Crippen molar-refractivity contribution >= 4 is 17.5 Å². The van der Waals surface area contributed by atoms with Gasteiger partial charge in [-0.3, -0.25) is 4.79 Å². The highest BCUT2D eigenvalue weighted by Crippen LogP contribution is 2.45. The Kier molecular flexibility index (Phi) is 3.67. The van der Waals surface area contributed by atoms with Crippen molar-refractivity contribution in [2.45, 2.75) is 30.7 Å². The highest BCUT2D eigenvalue weighted by Gasteiger charge is 2.55. The third kappa shape index (κ3) is 2.06. The molecule has 2 aliphatic rings. The zero-order chi connectivity index (χ0) is 15.1. The number of nitrogens with one attached hydrogen (secondary N) is 1. The van der Waals surface area contributed by atoms with Crippen LogP contribution in [0.15, 0.2) is 12.1 Å². The highest BCUT2D eigenvalue weighted by atomic mass is 35.5. The van der Waals surface area contributed by atoms with Crippen LogP contribution in [0.25, 0.3) is 0 Å². The number of carbonyl (C=O) groups excluding carboxylic acids is 1. The van der Waals surface area contributed by atoms with E-state index in [-0.39, 0.29) is 5.91 Å². The number of ether oxygens (including phenoxy) is 2. The van der Waals surface area contributed by atoms with E-state index in [0.29, 0.717) is 37.8 Å². The number of nitrogens with zero attached hydrogens (tertiary/aromatic N) is 1. The first-order valence-corrected chi connectivity index (χ1v) is 7.52. The molecule has 1 fully saturated rings. The lowest BCUT2D eigenvalue weighted by Crippen LogP contribution is -2.67. The van der Waals surface area contributed by atoms with Crippen LogP contribution in [-0.2, 0) is 25.2 Å². The summed E-state index contributed by atoms with van der Waals surface area (Å²) in [6.45, 7) is 3.47.